The summed E-state index contributed by atoms with van der Waals surface area (Å²) in [5.41, 5.74) is 3.24. The fourth-order valence-corrected chi connectivity index (χ4v) is 4.16. The molecule has 30 heavy (non-hydrogen) atoms. The molecular weight excluding hydrogens is 398 g/mol. The van der Waals surface area contributed by atoms with Gasteiger partial charge < -0.3 is 9.47 Å². The highest BCUT2D eigenvalue weighted by molar-refractivity contribution is 7.22. The number of carbonyl (C=O) groups excluding carboxylic acids is 1. The van der Waals surface area contributed by atoms with Crippen molar-refractivity contribution in [3.63, 3.8) is 0 Å². The third kappa shape index (κ3) is 4.11. The van der Waals surface area contributed by atoms with E-state index in [9.17, 15) is 4.79 Å². The number of amides is 1. The number of anilines is 1. The second kappa shape index (κ2) is 8.51. The van der Waals surface area contributed by atoms with Gasteiger partial charge in [-0.25, -0.2) is 4.98 Å². The molecule has 0 fully saturated rings. The number of benzene rings is 2. The Bertz CT molecular complexity index is 1170. The third-order valence-electron chi connectivity index (χ3n) is 4.65. The Hall–Kier alpha value is -3.45. The number of aryl methyl sites for hydroxylation is 1. The predicted molar refractivity (Wildman–Crippen MR) is 119 cm³/mol. The van der Waals surface area contributed by atoms with Crippen LogP contribution in [0.5, 0.6) is 11.5 Å². The van der Waals surface area contributed by atoms with Gasteiger partial charge in [-0.1, -0.05) is 23.5 Å². The number of hydrogen-bond donors (Lipinski definition) is 0. The summed E-state index contributed by atoms with van der Waals surface area (Å²) in [6, 6.07) is 16.9. The van der Waals surface area contributed by atoms with Crippen LogP contribution in [0.4, 0.5) is 5.13 Å². The summed E-state index contributed by atoms with van der Waals surface area (Å²) in [5.74, 6) is 0.902. The number of pyridine rings is 1. The summed E-state index contributed by atoms with van der Waals surface area (Å²) in [5, 5.41) is 0.619. The molecule has 0 N–H and O–H groups in total. The van der Waals surface area contributed by atoms with Crippen LogP contribution in [0.3, 0.4) is 0 Å². The Morgan fingerprint density at radius 1 is 1.03 bits per heavy atom. The smallest absolute Gasteiger partial charge is 0.260 e. The summed E-state index contributed by atoms with van der Waals surface area (Å²) in [6.45, 7) is 2.34. The number of aromatic nitrogens is 2. The summed E-state index contributed by atoms with van der Waals surface area (Å²) in [7, 11) is 3.12. The molecular formula is C23H21N3O3S. The highest BCUT2D eigenvalue weighted by Crippen LogP contribution is 2.32. The SMILES string of the molecule is COc1cc(OC)cc(C(=O)N(Cc2ccccn2)c2nc3ccc(C)cc3s2)c1. The Morgan fingerprint density at radius 2 is 1.80 bits per heavy atom. The van der Waals surface area contributed by atoms with Gasteiger partial charge in [-0.15, -0.1) is 0 Å². The van der Waals surface area contributed by atoms with E-state index in [1.807, 2.05) is 37.3 Å². The number of ether oxygens (including phenoxy) is 2. The maximum atomic E-state index is 13.6. The maximum Gasteiger partial charge on any atom is 0.260 e. The van der Waals surface area contributed by atoms with Crippen molar-refractivity contribution in [2.45, 2.75) is 13.5 Å². The molecule has 0 bridgehead atoms. The van der Waals surface area contributed by atoms with Crippen molar-refractivity contribution in [1.29, 1.82) is 0 Å². The minimum absolute atomic E-state index is 0.200. The zero-order valence-electron chi connectivity index (χ0n) is 17.0. The molecule has 1 amide bonds. The van der Waals surface area contributed by atoms with E-state index in [1.165, 1.54) is 11.3 Å². The van der Waals surface area contributed by atoms with E-state index >= 15 is 0 Å². The van der Waals surface area contributed by atoms with E-state index < -0.39 is 0 Å². The molecule has 0 atom stereocenters. The average Bonchev–Trinajstić information content (AvgIpc) is 3.20. The second-order valence-electron chi connectivity index (χ2n) is 6.78. The summed E-state index contributed by atoms with van der Waals surface area (Å²) < 4.78 is 11.7. The molecule has 0 saturated carbocycles. The Balaban J connectivity index is 1.79. The Labute approximate surface area is 178 Å². The van der Waals surface area contributed by atoms with Crippen LogP contribution < -0.4 is 14.4 Å². The second-order valence-corrected chi connectivity index (χ2v) is 7.79. The van der Waals surface area contributed by atoms with E-state index in [1.54, 1.807) is 43.5 Å². The standard InChI is InChI=1S/C23H21N3O3S/c1-15-7-8-20-21(10-15)30-23(25-20)26(14-17-6-4-5-9-24-17)22(27)16-11-18(28-2)13-19(12-16)29-3/h4-13H,14H2,1-3H3. The number of carbonyl (C=O) groups is 1. The highest BCUT2D eigenvalue weighted by Gasteiger charge is 2.23. The van der Waals surface area contributed by atoms with Gasteiger partial charge >= 0.3 is 0 Å². The van der Waals surface area contributed by atoms with Crippen LogP contribution in [0.25, 0.3) is 10.2 Å². The molecule has 2 aromatic carbocycles. The Kier molecular flexibility index (Phi) is 5.63. The van der Waals surface area contributed by atoms with E-state index in [2.05, 4.69) is 11.1 Å². The minimum atomic E-state index is -0.200. The number of rotatable bonds is 6. The molecule has 7 heteroatoms. The van der Waals surface area contributed by atoms with Gasteiger partial charge in [0.15, 0.2) is 5.13 Å². The summed E-state index contributed by atoms with van der Waals surface area (Å²) >= 11 is 1.49. The first kappa shape index (κ1) is 19.8. The quantitative estimate of drug-likeness (QED) is 0.446. The lowest BCUT2D eigenvalue weighted by Crippen LogP contribution is -2.30. The van der Waals surface area contributed by atoms with Gasteiger partial charge in [0.2, 0.25) is 0 Å². The average molecular weight is 420 g/mol. The van der Waals surface area contributed by atoms with E-state index in [4.69, 9.17) is 14.5 Å². The molecule has 0 aliphatic heterocycles. The number of fused-ring (bicyclic) bond motifs is 1. The molecule has 0 spiro atoms. The van der Waals surface area contributed by atoms with Crippen molar-refractivity contribution in [3.05, 3.63) is 77.6 Å². The molecule has 4 rings (SSSR count). The highest BCUT2D eigenvalue weighted by atomic mass is 32.1. The van der Waals surface area contributed by atoms with Crippen LogP contribution in [0.1, 0.15) is 21.6 Å². The van der Waals surface area contributed by atoms with Gasteiger partial charge in [0.05, 0.1) is 36.7 Å². The first-order chi connectivity index (χ1) is 14.6. The molecule has 2 aromatic heterocycles. The largest absolute Gasteiger partial charge is 0.497 e. The molecule has 2 heterocycles. The topological polar surface area (TPSA) is 64.6 Å². The van der Waals surface area contributed by atoms with E-state index in [0.29, 0.717) is 28.7 Å². The Morgan fingerprint density at radius 3 is 2.47 bits per heavy atom. The van der Waals surface area contributed by atoms with Crippen LogP contribution in [-0.2, 0) is 6.54 Å². The van der Waals surface area contributed by atoms with Gasteiger partial charge in [-0.2, -0.15) is 0 Å². The molecule has 0 aliphatic rings. The normalized spacial score (nSPS) is 10.8. The van der Waals surface area contributed by atoms with Crippen LogP contribution in [0, 0.1) is 6.92 Å². The lowest BCUT2D eigenvalue weighted by molar-refractivity contribution is 0.0984. The molecule has 152 valence electrons. The first-order valence-electron chi connectivity index (χ1n) is 9.39. The number of thiazole rings is 1. The molecule has 0 radical (unpaired) electrons. The zero-order chi connectivity index (χ0) is 21.1. The maximum absolute atomic E-state index is 13.6. The van der Waals surface area contributed by atoms with Crippen LogP contribution >= 0.6 is 11.3 Å². The van der Waals surface area contributed by atoms with Gasteiger partial charge in [0, 0.05) is 17.8 Å². The van der Waals surface area contributed by atoms with Crippen molar-refractivity contribution < 1.29 is 14.3 Å². The van der Waals surface area contributed by atoms with E-state index in [-0.39, 0.29) is 5.91 Å². The molecule has 6 nitrogen and oxygen atoms in total. The monoisotopic (exact) mass is 419 g/mol. The zero-order valence-corrected chi connectivity index (χ0v) is 17.8. The van der Waals surface area contributed by atoms with Gasteiger partial charge in [0.1, 0.15) is 11.5 Å². The summed E-state index contributed by atoms with van der Waals surface area (Å²) in [6.07, 6.45) is 1.72. The van der Waals surface area contributed by atoms with Gasteiger partial charge in [0.25, 0.3) is 5.91 Å². The fraction of sp³-hybridized carbons (Fsp3) is 0.174. The lowest BCUT2D eigenvalue weighted by Gasteiger charge is -2.20. The molecule has 4 aromatic rings. The van der Waals surface area contributed by atoms with Crippen LogP contribution in [0.2, 0.25) is 0 Å². The first-order valence-corrected chi connectivity index (χ1v) is 10.2. The summed E-state index contributed by atoms with van der Waals surface area (Å²) in [4.78, 5) is 24.3. The number of methoxy groups -OCH3 is 2. The number of nitrogens with zero attached hydrogens (tertiary/aromatic N) is 3. The molecule has 0 saturated heterocycles. The molecule has 0 unspecified atom stereocenters. The van der Waals surface area contributed by atoms with Crippen molar-refractivity contribution in [2.24, 2.45) is 0 Å². The van der Waals surface area contributed by atoms with E-state index in [0.717, 1.165) is 21.5 Å². The fourth-order valence-electron chi connectivity index (χ4n) is 3.10. The molecule has 0 aliphatic carbocycles. The third-order valence-corrected chi connectivity index (χ3v) is 5.69. The van der Waals surface area contributed by atoms with Crippen molar-refractivity contribution >= 4 is 32.6 Å². The predicted octanol–water partition coefficient (Wildman–Crippen LogP) is 4.86. The lowest BCUT2D eigenvalue weighted by atomic mass is 10.1. The van der Waals surface area contributed by atoms with Gasteiger partial charge in [-0.05, 0) is 48.9 Å². The van der Waals surface area contributed by atoms with Crippen LogP contribution in [-0.4, -0.2) is 30.1 Å². The number of hydrogen-bond acceptors (Lipinski definition) is 6. The van der Waals surface area contributed by atoms with Crippen molar-refractivity contribution in [3.8, 4) is 11.5 Å². The van der Waals surface area contributed by atoms with Crippen molar-refractivity contribution in [1.82, 2.24) is 9.97 Å². The minimum Gasteiger partial charge on any atom is -0.497 e. The van der Waals surface area contributed by atoms with Gasteiger partial charge in [-0.3, -0.25) is 14.7 Å². The van der Waals surface area contributed by atoms with Crippen LogP contribution in [0.15, 0.2) is 60.8 Å². The van der Waals surface area contributed by atoms with Crippen molar-refractivity contribution in [2.75, 3.05) is 19.1 Å².